The molecule has 0 aliphatic heterocycles. The monoisotopic (exact) mass is 431 g/mol. The molecule has 0 saturated carbocycles. The van der Waals surface area contributed by atoms with Gasteiger partial charge in [0, 0.05) is 12.1 Å². The first-order valence-corrected chi connectivity index (χ1v) is 10.8. The molecule has 0 aliphatic rings. The first-order valence-electron chi connectivity index (χ1n) is 10.8. The topological polar surface area (TPSA) is 57.7 Å². The van der Waals surface area contributed by atoms with Crippen molar-refractivity contribution in [2.45, 2.75) is 40.2 Å². The first kappa shape index (κ1) is 23.1. The summed E-state index contributed by atoms with van der Waals surface area (Å²) < 4.78 is 16.8. The molecule has 0 radical (unpaired) electrons. The molecule has 32 heavy (non-hydrogen) atoms. The van der Waals surface area contributed by atoms with Crippen molar-refractivity contribution in [3.05, 3.63) is 89.1 Å². The SMILES string of the molecule is CCCCOC(=O)/C=C/c1ccc(Oc2ccc(OCc3ccc(C)cc3)cn2)cc1C. The normalized spacial score (nSPS) is 10.8. The Hall–Kier alpha value is -3.60. The second-order valence-corrected chi connectivity index (χ2v) is 7.58. The van der Waals surface area contributed by atoms with E-state index in [2.05, 4.69) is 43.1 Å². The van der Waals surface area contributed by atoms with Crippen LogP contribution in [0.3, 0.4) is 0 Å². The fourth-order valence-corrected chi connectivity index (χ4v) is 2.91. The van der Waals surface area contributed by atoms with E-state index >= 15 is 0 Å². The number of aromatic nitrogens is 1. The number of ether oxygens (including phenoxy) is 3. The zero-order chi connectivity index (χ0) is 22.8. The lowest BCUT2D eigenvalue weighted by Gasteiger charge is -2.09. The average Bonchev–Trinajstić information content (AvgIpc) is 2.79. The molecule has 0 N–H and O–H groups in total. The van der Waals surface area contributed by atoms with E-state index in [1.165, 1.54) is 11.6 Å². The second-order valence-electron chi connectivity index (χ2n) is 7.58. The second kappa shape index (κ2) is 11.7. The van der Waals surface area contributed by atoms with Gasteiger partial charge in [-0.1, -0.05) is 49.2 Å². The quantitative estimate of drug-likeness (QED) is 0.210. The van der Waals surface area contributed by atoms with E-state index in [0.29, 0.717) is 30.6 Å². The van der Waals surface area contributed by atoms with Gasteiger partial charge in [0.15, 0.2) is 0 Å². The molecule has 0 fully saturated rings. The molecule has 3 rings (SSSR count). The Kier molecular flexibility index (Phi) is 8.44. The number of rotatable bonds is 10. The average molecular weight is 432 g/mol. The van der Waals surface area contributed by atoms with Crippen molar-refractivity contribution in [1.29, 1.82) is 0 Å². The Morgan fingerprint density at radius 2 is 1.78 bits per heavy atom. The highest BCUT2D eigenvalue weighted by Gasteiger charge is 2.04. The van der Waals surface area contributed by atoms with Crippen LogP contribution < -0.4 is 9.47 Å². The summed E-state index contributed by atoms with van der Waals surface area (Å²) in [5.41, 5.74) is 4.24. The zero-order valence-corrected chi connectivity index (χ0v) is 18.8. The molecule has 0 amide bonds. The van der Waals surface area contributed by atoms with Gasteiger partial charge in [0.2, 0.25) is 5.88 Å². The van der Waals surface area contributed by atoms with Crippen molar-refractivity contribution in [2.24, 2.45) is 0 Å². The number of nitrogens with zero attached hydrogens (tertiary/aromatic N) is 1. The number of pyridine rings is 1. The third-order valence-corrected chi connectivity index (χ3v) is 4.84. The van der Waals surface area contributed by atoms with Gasteiger partial charge in [0.1, 0.15) is 18.1 Å². The lowest BCUT2D eigenvalue weighted by molar-refractivity contribution is -0.137. The Morgan fingerprint density at radius 1 is 1.00 bits per heavy atom. The van der Waals surface area contributed by atoms with Crippen molar-refractivity contribution in [2.75, 3.05) is 6.61 Å². The number of unbranched alkanes of at least 4 members (excludes halogenated alkanes) is 1. The minimum Gasteiger partial charge on any atom is -0.487 e. The van der Waals surface area contributed by atoms with Crippen molar-refractivity contribution in [3.63, 3.8) is 0 Å². The molecule has 0 spiro atoms. The Balaban J connectivity index is 1.53. The third-order valence-electron chi connectivity index (χ3n) is 4.84. The molecule has 5 nitrogen and oxygen atoms in total. The molecular weight excluding hydrogens is 402 g/mol. The molecule has 0 bridgehead atoms. The van der Waals surface area contributed by atoms with Crippen LogP contribution in [0.25, 0.3) is 6.08 Å². The number of benzene rings is 2. The molecule has 0 atom stereocenters. The lowest BCUT2D eigenvalue weighted by Crippen LogP contribution is -2.01. The van der Waals surface area contributed by atoms with Gasteiger partial charge in [-0.05, 0) is 61.2 Å². The largest absolute Gasteiger partial charge is 0.487 e. The number of hydrogen-bond acceptors (Lipinski definition) is 5. The molecule has 166 valence electrons. The molecule has 2 aromatic carbocycles. The van der Waals surface area contributed by atoms with E-state index < -0.39 is 0 Å². The molecule has 1 heterocycles. The predicted octanol–water partition coefficient (Wildman–Crippen LogP) is 6.43. The van der Waals surface area contributed by atoms with Gasteiger partial charge < -0.3 is 14.2 Å². The standard InChI is InChI=1S/C27H29NO4/c1-4-5-16-30-27(29)15-11-23-10-12-24(17-21(23)3)32-26-14-13-25(18-28-26)31-19-22-8-6-20(2)7-9-22/h6-15,17-18H,4-5,16,19H2,1-3H3/b15-11+. The van der Waals surface area contributed by atoms with Gasteiger partial charge in [-0.25, -0.2) is 9.78 Å². The summed E-state index contributed by atoms with van der Waals surface area (Å²) in [5.74, 6) is 1.51. The maximum absolute atomic E-state index is 11.7. The van der Waals surface area contributed by atoms with Crippen LogP contribution in [0.5, 0.6) is 17.4 Å². The molecule has 1 aromatic heterocycles. The maximum atomic E-state index is 11.7. The third kappa shape index (κ3) is 7.27. The fourth-order valence-electron chi connectivity index (χ4n) is 2.91. The van der Waals surface area contributed by atoms with Crippen LogP contribution in [-0.2, 0) is 16.1 Å². The Labute approximate surface area is 189 Å². The number of carbonyl (C=O) groups is 1. The van der Waals surface area contributed by atoms with Crippen LogP contribution in [0.1, 0.15) is 42.0 Å². The number of aryl methyl sites for hydroxylation is 2. The van der Waals surface area contributed by atoms with Crippen LogP contribution >= 0.6 is 0 Å². The maximum Gasteiger partial charge on any atom is 0.330 e. The van der Waals surface area contributed by atoms with Gasteiger partial charge in [-0.15, -0.1) is 0 Å². The number of hydrogen-bond donors (Lipinski definition) is 0. The minimum absolute atomic E-state index is 0.327. The Bertz CT molecular complexity index is 1040. The fraction of sp³-hybridized carbons (Fsp3) is 0.259. The van der Waals surface area contributed by atoms with E-state index in [-0.39, 0.29) is 5.97 Å². The molecule has 5 heteroatoms. The molecular formula is C27H29NO4. The van der Waals surface area contributed by atoms with Crippen LogP contribution in [0.4, 0.5) is 0 Å². The van der Waals surface area contributed by atoms with Gasteiger partial charge in [0.05, 0.1) is 12.8 Å². The summed E-state index contributed by atoms with van der Waals surface area (Å²) in [6.45, 7) is 7.02. The summed E-state index contributed by atoms with van der Waals surface area (Å²) in [6, 6.07) is 17.5. The zero-order valence-electron chi connectivity index (χ0n) is 18.8. The highest BCUT2D eigenvalue weighted by Crippen LogP contribution is 2.24. The van der Waals surface area contributed by atoms with Gasteiger partial charge in [0.25, 0.3) is 0 Å². The molecule has 0 unspecified atom stereocenters. The predicted molar refractivity (Wildman–Crippen MR) is 126 cm³/mol. The van der Waals surface area contributed by atoms with Crippen molar-refractivity contribution >= 4 is 12.0 Å². The Morgan fingerprint density at radius 3 is 2.47 bits per heavy atom. The highest BCUT2D eigenvalue weighted by molar-refractivity contribution is 5.87. The minimum atomic E-state index is -0.327. The number of carbonyl (C=O) groups excluding carboxylic acids is 1. The summed E-state index contributed by atoms with van der Waals surface area (Å²) in [7, 11) is 0. The summed E-state index contributed by atoms with van der Waals surface area (Å²) in [4.78, 5) is 16.1. The van der Waals surface area contributed by atoms with E-state index in [9.17, 15) is 4.79 Å². The molecule has 3 aromatic rings. The summed E-state index contributed by atoms with van der Waals surface area (Å²) in [5, 5.41) is 0. The lowest BCUT2D eigenvalue weighted by atomic mass is 10.1. The first-order chi connectivity index (χ1) is 15.5. The molecule has 0 saturated heterocycles. The van der Waals surface area contributed by atoms with E-state index in [4.69, 9.17) is 14.2 Å². The van der Waals surface area contributed by atoms with E-state index in [1.54, 1.807) is 18.3 Å². The van der Waals surface area contributed by atoms with E-state index in [0.717, 1.165) is 29.5 Å². The van der Waals surface area contributed by atoms with Gasteiger partial charge in [-0.2, -0.15) is 0 Å². The van der Waals surface area contributed by atoms with Crippen LogP contribution in [0.15, 0.2) is 66.9 Å². The summed E-state index contributed by atoms with van der Waals surface area (Å²) >= 11 is 0. The number of esters is 1. The van der Waals surface area contributed by atoms with Crippen molar-refractivity contribution in [3.8, 4) is 17.4 Å². The van der Waals surface area contributed by atoms with E-state index in [1.807, 2.05) is 31.2 Å². The van der Waals surface area contributed by atoms with Crippen molar-refractivity contribution < 1.29 is 19.0 Å². The van der Waals surface area contributed by atoms with Crippen molar-refractivity contribution in [1.82, 2.24) is 4.98 Å². The van der Waals surface area contributed by atoms with Crippen LogP contribution in [0, 0.1) is 13.8 Å². The smallest absolute Gasteiger partial charge is 0.330 e. The van der Waals surface area contributed by atoms with Crippen LogP contribution in [-0.4, -0.2) is 17.6 Å². The van der Waals surface area contributed by atoms with Gasteiger partial charge in [-0.3, -0.25) is 0 Å². The van der Waals surface area contributed by atoms with Crippen LogP contribution in [0.2, 0.25) is 0 Å². The molecule has 0 aliphatic carbocycles. The van der Waals surface area contributed by atoms with Gasteiger partial charge >= 0.3 is 5.97 Å². The summed E-state index contributed by atoms with van der Waals surface area (Å²) in [6.07, 6.45) is 6.73. The highest BCUT2D eigenvalue weighted by atomic mass is 16.5.